The molecule has 0 saturated heterocycles. The van der Waals surface area contributed by atoms with Crippen molar-refractivity contribution in [2.24, 2.45) is 0 Å². The van der Waals surface area contributed by atoms with Crippen LogP contribution in [0.2, 0.25) is 0 Å². The summed E-state index contributed by atoms with van der Waals surface area (Å²) in [5, 5.41) is 6.99. The number of ether oxygens (including phenoxy) is 1. The van der Waals surface area contributed by atoms with Crippen LogP contribution < -0.4 is 10.1 Å². The van der Waals surface area contributed by atoms with E-state index in [-0.39, 0.29) is 6.04 Å². The highest BCUT2D eigenvalue weighted by Gasteiger charge is 2.12. The standard InChI is InChI=1S/C13H17N3O2/c1-3-11(14-2)10-6-4-5-7-12(10)17-8-13-15-9-18-16-13/h4-7,9,11,14H,3,8H2,1-2H3. The van der Waals surface area contributed by atoms with Gasteiger partial charge in [0.15, 0.2) is 6.61 Å². The van der Waals surface area contributed by atoms with Crippen molar-refractivity contribution in [1.82, 2.24) is 15.5 Å². The molecule has 0 aliphatic heterocycles. The minimum atomic E-state index is 0.284. The molecule has 2 aromatic rings. The number of rotatable bonds is 6. The first kappa shape index (κ1) is 12.6. The number of nitrogens with zero attached hydrogens (tertiary/aromatic N) is 2. The highest BCUT2D eigenvalue weighted by molar-refractivity contribution is 5.35. The van der Waals surface area contributed by atoms with Gasteiger partial charge in [-0.15, -0.1) is 0 Å². The maximum atomic E-state index is 5.74. The molecular weight excluding hydrogens is 230 g/mol. The van der Waals surface area contributed by atoms with Crippen LogP contribution in [0.3, 0.4) is 0 Å². The molecule has 5 heteroatoms. The van der Waals surface area contributed by atoms with Gasteiger partial charge in [-0.05, 0) is 19.5 Å². The molecule has 0 saturated carbocycles. The predicted octanol–water partition coefficient (Wildman–Crippen LogP) is 2.32. The molecule has 96 valence electrons. The first-order valence-corrected chi connectivity index (χ1v) is 5.99. The van der Waals surface area contributed by atoms with Gasteiger partial charge >= 0.3 is 0 Å². The topological polar surface area (TPSA) is 60.2 Å². The Hall–Kier alpha value is -1.88. The van der Waals surface area contributed by atoms with Gasteiger partial charge in [-0.2, -0.15) is 4.98 Å². The Bertz CT molecular complexity index is 467. The Kier molecular flexibility index (Phi) is 4.30. The van der Waals surface area contributed by atoms with E-state index in [0.29, 0.717) is 12.4 Å². The van der Waals surface area contributed by atoms with E-state index in [2.05, 4.69) is 33.0 Å². The second-order valence-corrected chi connectivity index (χ2v) is 3.92. The minimum Gasteiger partial charge on any atom is -0.485 e. The zero-order chi connectivity index (χ0) is 12.8. The molecule has 1 aromatic heterocycles. The SMILES string of the molecule is CCC(NC)c1ccccc1OCc1ncon1. The Morgan fingerprint density at radius 1 is 1.39 bits per heavy atom. The quantitative estimate of drug-likeness (QED) is 0.848. The molecule has 0 spiro atoms. The Morgan fingerprint density at radius 2 is 2.22 bits per heavy atom. The Labute approximate surface area is 106 Å². The van der Waals surface area contributed by atoms with Crippen LogP contribution in [-0.2, 0) is 6.61 Å². The summed E-state index contributed by atoms with van der Waals surface area (Å²) in [5.74, 6) is 1.39. The van der Waals surface area contributed by atoms with Crippen LogP contribution in [0.5, 0.6) is 5.75 Å². The molecule has 0 radical (unpaired) electrons. The van der Waals surface area contributed by atoms with E-state index < -0.39 is 0 Å². The van der Waals surface area contributed by atoms with Crippen molar-refractivity contribution in [3.8, 4) is 5.75 Å². The van der Waals surface area contributed by atoms with Crippen molar-refractivity contribution in [1.29, 1.82) is 0 Å². The van der Waals surface area contributed by atoms with Crippen LogP contribution in [0.15, 0.2) is 35.2 Å². The van der Waals surface area contributed by atoms with Gasteiger partial charge in [-0.3, -0.25) is 0 Å². The monoisotopic (exact) mass is 247 g/mol. The van der Waals surface area contributed by atoms with E-state index in [1.165, 1.54) is 6.39 Å². The lowest BCUT2D eigenvalue weighted by atomic mass is 10.0. The van der Waals surface area contributed by atoms with Crippen LogP contribution in [0, 0.1) is 0 Å². The molecule has 0 bridgehead atoms. The van der Waals surface area contributed by atoms with Gasteiger partial charge < -0.3 is 14.6 Å². The van der Waals surface area contributed by atoms with Crippen LogP contribution in [0.25, 0.3) is 0 Å². The zero-order valence-electron chi connectivity index (χ0n) is 10.6. The van der Waals surface area contributed by atoms with Crippen molar-refractivity contribution in [3.63, 3.8) is 0 Å². The summed E-state index contributed by atoms with van der Waals surface area (Å²) in [5.41, 5.74) is 1.14. The molecule has 1 heterocycles. The lowest BCUT2D eigenvalue weighted by Crippen LogP contribution is -2.16. The first-order chi connectivity index (χ1) is 8.85. The predicted molar refractivity (Wildman–Crippen MR) is 67.2 cm³/mol. The lowest BCUT2D eigenvalue weighted by Gasteiger charge is -2.18. The highest BCUT2D eigenvalue weighted by Crippen LogP contribution is 2.27. The van der Waals surface area contributed by atoms with Gasteiger partial charge in [0.1, 0.15) is 5.75 Å². The fourth-order valence-electron chi connectivity index (χ4n) is 1.88. The van der Waals surface area contributed by atoms with E-state index in [1.807, 2.05) is 25.2 Å². The van der Waals surface area contributed by atoms with Crippen molar-refractivity contribution in [3.05, 3.63) is 42.0 Å². The molecule has 0 amide bonds. The fourth-order valence-corrected chi connectivity index (χ4v) is 1.88. The largest absolute Gasteiger partial charge is 0.485 e. The second-order valence-electron chi connectivity index (χ2n) is 3.92. The summed E-state index contributed by atoms with van der Waals surface area (Å²) in [6, 6.07) is 8.27. The number of hydrogen-bond donors (Lipinski definition) is 1. The minimum absolute atomic E-state index is 0.284. The van der Waals surface area contributed by atoms with E-state index in [0.717, 1.165) is 17.7 Å². The Balaban J connectivity index is 2.12. The van der Waals surface area contributed by atoms with E-state index in [4.69, 9.17) is 4.74 Å². The number of nitrogens with one attached hydrogen (secondary N) is 1. The molecule has 1 aromatic carbocycles. The lowest BCUT2D eigenvalue weighted by molar-refractivity contribution is 0.281. The molecule has 18 heavy (non-hydrogen) atoms. The van der Waals surface area contributed by atoms with Gasteiger partial charge in [-0.25, -0.2) is 0 Å². The highest BCUT2D eigenvalue weighted by atomic mass is 16.5. The third kappa shape index (κ3) is 2.87. The molecule has 0 aliphatic rings. The van der Waals surface area contributed by atoms with Gasteiger partial charge in [0.2, 0.25) is 12.2 Å². The van der Waals surface area contributed by atoms with Gasteiger partial charge in [-0.1, -0.05) is 30.3 Å². The van der Waals surface area contributed by atoms with E-state index >= 15 is 0 Å². The van der Waals surface area contributed by atoms with Crippen molar-refractivity contribution >= 4 is 0 Å². The molecule has 0 aliphatic carbocycles. The normalized spacial score (nSPS) is 12.3. The first-order valence-electron chi connectivity index (χ1n) is 5.99. The summed E-state index contributed by atoms with van der Waals surface area (Å²) in [6.45, 7) is 2.45. The van der Waals surface area contributed by atoms with Gasteiger partial charge in [0, 0.05) is 11.6 Å². The third-order valence-electron chi connectivity index (χ3n) is 2.81. The molecule has 5 nitrogen and oxygen atoms in total. The van der Waals surface area contributed by atoms with E-state index in [1.54, 1.807) is 0 Å². The number of benzene rings is 1. The van der Waals surface area contributed by atoms with Crippen molar-refractivity contribution in [2.75, 3.05) is 7.05 Å². The van der Waals surface area contributed by atoms with E-state index in [9.17, 15) is 0 Å². The van der Waals surface area contributed by atoms with Crippen LogP contribution in [0.1, 0.15) is 30.8 Å². The zero-order valence-corrected chi connectivity index (χ0v) is 10.6. The van der Waals surface area contributed by atoms with Gasteiger partial charge in [0.05, 0.1) is 0 Å². The Morgan fingerprint density at radius 3 is 2.89 bits per heavy atom. The summed E-state index contributed by atoms with van der Waals surface area (Å²) in [4.78, 5) is 3.93. The van der Waals surface area contributed by atoms with Crippen LogP contribution in [-0.4, -0.2) is 17.2 Å². The average Bonchev–Trinajstić information content (AvgIpc) is 2.92. The number of para-hydroxylation sites is 1. The second kappa shape index (κ2) is 6.16. The van der Waals surface area contributed by atoms with Crippen LogP contribution >= 0.6 is 0 Å². The van der Waals surface area contributed by atoms with Crippen LogP contribution in [0.4, 0.5) is 0 Å². The van der Waals surface area contributed by atoms with Crippen molar-refractivity contribution in [2.45, 2.75) is 26.0 Å². The number of hydrogen-bond acceptors (Lipinski definition) is 5. The molecular formula is C13H17N3O2. The summed E-state index contributed by atoms with van der Waals surface area (Å²) < 4.78 is 10.4. The maximum Gasteiger partial charge on any atom is 0.213 e. The molecule has 1 N–H and O–H groups in total. The van der Waals surface area contributed by atoms with Crippen molar-refractivity contribution < 1.29 is 9.26 Å². The van der Waals surface area contributed by atoms with Gasteiger partial charge in [0.25, 0.3) is 0 Å². The maximum absolute atomic E-state index is 5.74. The third-order valence-corrected chi connectivity index (χ3v) is 2.81. The fraction of sp³-hybridized carbons (Fsp3) is 0.385. The molecule has 2 rings (SSSR count). The molecule has 1 atom stereocenters. The summed E-state index contributed by atoms with van der Waals surface area (Å²) >= 11 is 0. The average molecular weight is 247 g/mol. The smallest absolute Gasteiger partial charge is 0.213 e. The molecule has 1 unspecified atom stereocenters. The number of aromatic nitrogens is 2. The molecule has 0 fully saturated rings. The summed E-state index contributed by atoms with van der Waals surface area (Å²) in [6.07, 6.45) is 2.30. The summed E-state index contributed by atoms with van der Waals surface area (Å²) in [7, 11) is 1.95.